The van der Waals surface area contributed by atoms with Crippen LogP contribution in [0.4, 0.5) is 0 Å². The number of carbonyl (C=O) groups is 2. The minimum absolute atomic E-state index is 0.0262. The predicted octanol–water partition coefficient (Wildman–Crippen LogP) is 3.99. The smallest absolute Gasteiger partial charge is 0.359 e. The van der Waals surface area contributed by atoms with Gasteiger partial charge in [-0.05, 0) is 43.5 Å². The van der Waals surface area contributed by atoms with Gasteiger partial charge in [0.15, 0.2) is 12.3 Å². The summed E-state index contributed by atoms with van der Waals surface area (Å²) < 4.78 is 8.55. The summed E-state index contributed by atoms with van der Waals surface area (Å²) in [5, 5.41) is 4.12. The zero-order chi connectivity index (χ0) is 24.8. The highest BCUT2D eigenvalue weighted by atomic mass is 16.5. The molecule has 0 unspecified atom stereocenters. The Kier molecular flexibility index (Phi) is 7.35. The van der Waals surface area contributed by atoms with Crippen molar-refractivity contribution in [1.82, 2.24) is 14.3 Å². The van der Waals surface area contributed by atoms with Crippen LogP contribution in [-0.2, 0) is 24.2 Å². The van der Waals surface area contributed by atoms with Crippen LogP contribution in [0.5, 0.6) is 0 Å². The quantitative estimate of drug-likeness (QED) is 0.273. The molecular weight excluding hydrogens is 442 g/mol. The molecule has 0 aliphatic carbocycles. The van der Waals surface area contributed by atoms with E-state index < -0.39 is 12.6 Å². The summed E-state index contributed by atoms with van der Waals surface area (Å²) >= 11 is 0. The van der Waals surface area contributed by atoms with Crippen LogP contribution in [0.3, 0.4) is 0 Å². The monoisotopic (exact) mass is 469 g/mol. The third-order valence-corrected chi connectivity index (χ3v) is 5.93. The Morgan fingerprint density at radius 3 is 2.23 bits per heavy atom. The van der Waals surface area contributed by atoms with E-state index in [-0.39, 0.29) is 23.6 Å². The van der Waals surface area contributed by atoms with Gasteiger partial charge in [-0.25, -0.2) is 9.48 Å². The summed E-state index contributed by atoms with van der Waals surface area (Å²) in [5.41, 5.74) is 4.10. The molecular formula is C28H27N3O4. The first kappa shape index (κ1) is 23.9. The number of benzene rings is 2. The van der Waals surface area contributed by atoms with E-state index in [0.717, 1.165) is 29.9 Å². The molecule has 0 spiro atoms. The molecule has 0 amide bonds. The fourth-order valence-corrected chi connectivity index (χ4v) is 4.02. The second-order valence-corrected chi connectivity index (χ2v) is 8.37. The van der Waals surface area contributed by atoms with Gasteiger partial charge in [0.25, 0.3) is 5.56 Å². The molecule has 0 aliphatic rings. The normalized spacial score (nSPS) is 10.8. The molecule has 0 saturated heterocycles. The van der Waals surface area contributed by atoms with Crippen molar-refractivity contribution in [2.24, 2.45) is 0 Å². The van der Waals surface area contributed by atoms with Crippen LogP contribution in [0.25, 0.3) is 0 Å². The van der Waals surface area contributed by atoms with Gasteiger partial charge in [-0.3, -0.25) is 9.59 Å². The second-order valence-electron chi connectivity index (χ2n) is 8.37. The molecule has 7 heteroatoms. The topological polar surface area (TPSA) is 83.2 Å². The number of aryl methyl sites for hydroxylation is 2. The molecule has 2 aromatic heterocycles. The van der Waals surface area contributed by atoms with Crippen LogP contribution in [0.2, 0.25) is 0 Å². The average Bonchev–Trinajstić information content (AvgIpc) is 3.16. The fourth-order valence-electron chi connectivity index (χ4n) is 4.02. The molecule has 0 bridgehead atoms. The van der Waals surface area contributed by atoms with E-state index in [0.29, 0.717) is 5.56 Å². The van der Waals surface area contributed by atoms with Crippen molar-refractivity contribution in [1.29, 1.82) is 0 Å². The number of ether oxygens (including phenoxy) is 1. The van der Waals surface area contributed by atoms with Crippen molar-refractivity contribution in [3.8, 4) is 0 Å². The SMILES string of the molecule is Cc1cc(C(=O)COC(=O)c2ccc(=O)n(Cc3ccccc3)n2)c(C)n1CCc1ccccc1. The highest BCUT2D eigenvalue weighted by molar-refractivity contribution is 6.00. The Bertz CT molecular complexity index is 1390. The van der Waals surface area contributed by atoms with Crippen LogP contribution >= 0.6 is 0 Å². The number of nitrogens with zero attached hydrogens (tertiary/aromatic N) is 3. The minimum Gasteiger partial charge on any atom is -0.453 e. The molecule has 4 rings (SSSR count). The highest BCUT2D eigenvalue weighted by Crippen LogP contribution is 2.17. The first-order valence-corrected chi connectivity index (χ1v) is 11.5. The van der Waals surface area contributed by atoms with E-state index >= 15 is 0 Å². The van der Waals surface area contributed by atoms with Gasteiger partial charge in [-0.15, -0.1) is 0 Å². The van der Waals surface area contributed by atoms with Crippen LogP contribution in [0.15, 0.2) is 83.7 Å². The number of carbonyl (C=O) groups excluding carboxylic acids is 2. The summed E-state index contributed by atoms with van der Waals surface area (Å²) in [4.78, 5) is 37.5. The van der Waals surface area contributed by atoms with E-state index in [1.165, 1.54) is 22.4 Å². The summed E-state index contributed by atoms with van der Waals surface area (Å²) in [7, 11) is 0. The third-order valence-electron chi connectivity index (χ3n) is 5.93. The van der Waals surface area contributed by atoms with Crippen molar-refractivity contribution in [3.63, 3.8) is 0 Å². The Morgan fingerprint density at radius 2 is 1.54 bits per heavy atom. The van der Waals surface area contributed by atoms with Gasteiger partial charge in [0.1, 0.15) is 0 Å². The summed E-state index contributed by atoms with van der Waals surface area (Å²) in [6.45, 7) is 4.44. The summed E-state index contributed by atoms with van der Waals surface area (Å²) in [5.74, 6) is -1.03. The number of ketones is 1. The van der Waals surface area contributed by atoms with Crippen molar-refractivity contribution < 1.29 is 14.3 Å². The largest absolute Gasteiger partial charge is 0.453 e. The van der Waals surface area contributed by atoms with E-state index in [9.17, 15) is 14.4 Å². The maximum Gasteiger partial charge on any atom is 0.359 e. The second kappa shape index (κ2) is 10.8. The molecule has 0 aliphatic heterocycles. The van der Waals surface area contributed by atoms with Gasteiger partial charge >= 0.3 is 5.97 Å². The predicted molar refractivity (Wildman–Crippen MR) is 133 cm³/mol. The van der Waals surface area contributed by atoms with Crippen molar-refractivity contribution in [3.05, 3.63) is 123 Å². The zero-order valence-electron chi connectivity index (χ0n) is 19.8. The zero-order valence-corrected chi connectivity index (χ0v) is 19.8. The first-order valence-electron chi connectivity index (χ1n) is 11.5. The van der Waals surface area contributed by atoms with E-state index in [1.54, 1.807) is 0 Å². The molecule has 0 N–H and O–H groups in total. The molecule has 0 atom stereocenters. The fraction of sp³-hybridized carbons (Fsp3) is 0.214. The molecule has 2 aromatic carbocycles. The summed E-state index contributed by atoms with van der Waals surface area (Å²) in [6, 6.07) is 23.9. The lowest BCUT2D eigenvalue weighted by Gasteiger charge is -2.10. The van der Waals surface area contributed by atoms with Crippen molar-refractivity contribution in [2.75, 3.05) is 6.61 Å². The lowest BCUT2D eigenvalue weighted by Crippen LogP contribution is -2.26. The maximum absolute atomic E-state index is 12.8. The van der Waals surface area contributed by atoms with Crippen LogP contribution < -0.4 is 5.56 Å². The van der Waals surface area contributed by atoms with Gasteiger partial charge in [-0.1, -0.05) is 60.7 Å². The number of hydrogen-bond donors (Lipinski definition) is 0. The number of esters is 1. The Morgan fingerprint density at radius 1 is 0.886 bits per heavy atom. The van der Waals surface area contributed by atoms with Gasteiger partial charge in [0.2, 0.25) is 5.78 Å². The standard InChI is InChI=1S/C28H27N3O4/c1-20-17-24(21(2)30(20)16-15-22-9-5-3-6-10-22)26(32)19-35-28(34)25-13-14-27(33)31(29-25)18-23-11-7-4-8-12-23/h3-14,17H,15-16,18-19H2,1-2H3. The van der Waals surface area contributed by atoms with Crippen LogP contribution in [0, 0.1) is 13.8 Å². The Labute approximate surface area is 203 Å². The third kappa shape index (κ3) is 5.81. The number of hydrogen-bond acceptors (Lipinski definition) is 5. The maximum atomic E-state index is 12.8. The number of Topliss-reactive ketones (excluding diaryl/α,β-unsaturated/α-hetero) is 1. The molecule has 2 heterocycles. The molecule has 0 radical (unpaired) electrons. The lowest BCUT2D eigenvalue weighted by molar-refractivity contribution is 0.0466. The molecule has 35 heavy (non-hydrogen) atoms. The van der Waals surface area contributed by atoms with Crippen molar-refractivity contribution >= 4 is 11.8 Å². The molecule has 178 valence electrons. The van der Waals surface area contributed by atoms with Gasteiger partial charge in [-0.2, -0.15) is 5.10 Å². The number of aromatic nitrogens is 3. The number of rotatable bonds is 9. The van der Waals surface area contributed by atoms with Crippen LogP contribution in [0.1, 0.15) is 43.4 Å². The minimum atomic E-state index is -0.752. The molecule has 4 aromatic rings. The average molecular weight is 470 g/mol. The van der Waals surface area contributed by atoms with Gasteiger partial charge in [0.05, 0.1) is 6.54 Å². The molecule has 0 fully saturated rings. The molecule has 0 saturated carbocycles. The van der Waals surface area contributed by atoms with Gasteiger partial charge < -0.3 is 9.30 Å². The van der Waals surface area contributed by atoms with Gasteiger partial charge in [0, 0.05) is 29.6 Å². The Hall–Kier alpha value is -4.26. The highest BCUT2D eigenvalue weighted by Gasteiger charge is 2.19. The van der Waals surface area contributed by atoms with E-state index in [1.807, 2.05) is 68.4 Å². The summed E-state index contributed by atoms with van der Waals surface area (Å²) in [6.07, 6.45) is 0.851. The Balaban J connectivity index is 1.40. The van der Waals surface area contributed by atoms with Crippen LogP contribution in [-0.4, -0.2) is 32.7 Å². The first-order chi connectivity index (χ1) is 16.9. The lowest BCUT2D eigenvalue weighted by atomic mass is 10.1. The van der Waals surface area contributed by atoms with Crippen molar-refractivity contribution in [2.45, 2.75) is 33.4 Å². The van der Waals surface area contributed by atoms with E-state index in [2.05, 4.69) is 21.8 Å². The molecule has 7 nitrogen and oxygen atoms in total. The van der Waals surface area contributed by atoms with E-state index in [4.69, 9.17) is 4.74 Å².